The molecule has 0 aliphatic heterocycles. The lowest BCUT2D eigenvalue weighted by molar-refractivity contribution is 0.460. The maximum Gasteiger partial charge on any atom is 0.262 e. The zero-order valence-electron chi connectivity index (χ0n) is 11.3. The van der Waals surface area contributed by atoms with Gasteiger partial charge in [-0.1, -0.05) is 0 Å². The van der Waals surface area contributed by atoms with Crippen molar-refractivity contribution in [3.05, 3.63) is 34.9 Å². The number of nitrogens with zero attached hydrogens (tertiary/aromatic N) is 3. The highest BCUT2D eigenvalue weighted by molar-refractivity contribution is 7.89. The van der Waals surface area contributed by atoms with Gasteiger partial charge in [0.05, 0.1) is 23.4 Å². The average Bonchev–Trinajstić information content (AvgIpc) is 2.92. The van der Waals surface area contributed by atoms with Gasteiger partial charge in [-0.15, -0.1) is 11.3 Å². The number of sulfonamides is 1. The van der Waals surface area contributed by atoms with Crippen molar-refractivity contribution in [1.29, 1.82) is 0 Å². The molecule has 2 aromatic heterocycles. The maximum atomic E-state index is 12.6. The summed E-state index contributed by atoms with van der Waals surface area (Å²) in [5.74, 6) is 0. The number of pyridine rings is 1. The van der Waals surface area contributed by atoms with E-state index in [1.807, 2.05) is 12.3 Å². The zero-order valence-corrected chi connectivity index (χ0v) is 12.9. The molecule has 0 saturated carbocycles. The van der Waals surface area contributed by atoms with Gasteiger partial charge in [-0.25, -0.2) is 18.4 Å². The van der Waals surface area contributed by atoms with Crippen molar-refractivity contribution in [1.82, 2.24) is 14.3 Å². The summed E-state index contributed by atoms with van der Waals surface area (Å²) in [6.07, 6.45) is 1.48. The van der Waals surface area contributed by atoms with Crippen LogP contribution in [0.3, 0.4) is 0 Å². The van der Waals surface area contributed by atoms with E-state index in [-0.39, 0.29) is 11.6 Å². The molecule has 0 aromatic carbocycles. The largest absolute Gasteiger partial charge is 0.383 e. The van der Waals surface area contributed by atoms with Gasteiger partial charge in [-0.3, -0.25) is 0 Å². The van der Waals surface area contributed by atoms with Gasteiger partial charge in [0.25, 0.3) is 10.0 Å². The summed E-state index contributed by atoms with van der Waals surface area (Å²) >= 11 is 1.44. The maximum absolute atomic E-state index is 12.6. The van der Waals surface area contributed by atoms with E-state index in [9.17, 15) is 8.42 Å². The molecular formula is C12H16N4O2S2. The Morgan fingerprint density at radius 2 is 2.20 bits per heavy atom. The van der Waals surface area contributed by atoms with Crippen LogP contribution in [-0.2, 0) is 16.6 Å². The van der Waals surface area contributed by atoms with E-state index in [0.29, 0.717) is 12.2 Å². The second-order valence-electron chi connectivity index (χ2n) is 4.13. The van der Waals surface area contributed by atoms with Crippen molar-refractivity contribution in [2.75, 3.05) is 18.9 Å². The quantitative estimate of drug-likeness (QED) is 0.880. The lowest BCUT2D eigenvalue weighted by Gasteiger charge is -2.17. The van der Waals surface area contributed by atoms with E-state index >= 15 is 0 Å². The molecule has 6 nitrogen and oxygen atoms in total. The Bertz CT molecular complexity index is 656. The van der Waals surface area contributed by atoms with Crippen LogP contribution in [0.25, 0.3) is 0 Å². The number of rotatable bonds is 6. The molecule has 0 aliphatic carbocycles. The molecule has 2 aromatic rings. The van der Waals surface area contributed by atoms with Crippen LogP contribution in [0.1, 0.15) is 12.6 Å². The molecule has 8 heteroatoms. The number of hydrogen-bond acceptors (Lipinski definition) is 6. The van der Waals surface area contributed by atoms with Crippen molar-refractivity contribution in [3.8, 4) is 0 Å². The predicted octanol–water partition coefficient (Wildman–Crippen LogP) is 1.79. The third kappa shape index (κ3) is 3.14. The Kier molecular flexibility index (Phi) is 4.69. The molecule has 2 heterocycles. The second-order valence-corrected chi connectivity index (χ2v) is 6.81. The first-order valence-electron chi connectivity index (χ1n) is 6.08. The second kappa shape index (κ2) is 6.29. The summed E-state index contributed by atoms with van der Waals surface area (Å²) in [6.45, 7) is 2.76. The summed E-state index contributed by atoms with van der Waals surface area (Å²) in [5, 5.41) is 4.88. The third-order valence-electron chi connectivity index (χ3n) is 2.66. The topological polar surface area (TPSA) is 75.2 Å². The first-order valence-corrected chi connectivity index (χ1v) is 8.46. The molecule has 0 radical (unpaired) electrons. The lowest BCUT2D eigenvalue weighted by atomic mass is 10.4. The highest BCUT2D eigenvalue weighted by atomic mass is 32.2. The predicted molar refractivity (Wildman–Crippen MR) is 79.2 cm³/mol. The molecule has 2 rings (SSSR count). The molecule has 0 amide bonds. The zero-order chi connectivity index (χ0) is 14.6. The minimum absolute atomic E-state index is 0.0413. The third-order valence-corrected chi connectivity index (χ3v) is 5.06. The van der Waals surface area contributed by atoms with Gasteiger partial charge < -0.3 is 5.32 Å². The first kappa shape index (κ1) is 14.9. The van der Waals surface area contributed by atoms with Crippen molar-refractivity contribution < 1.29 is 8.42 Å². The standard InChI is InChI=1S/C12H16N4O2S2/c1-3-13-11-5-4-6-14-12(11)20(17,18)16(2)7-10-8-19-9-15-10/h4-6,8-9,13H,3,7H2,1-2H3. The number of anilines is 1. The number of thiazole rings is 1. The molecule has 20 heavy (non-hydrogen) atoms. The summed E-state index contributed by atoms with van der Waals surface area (Å²) in [4.78, 5) is 8.11. The highest BCUT2D eigenvalue weighted by Crippen LogP contribution is 2.22. The van der Waals surface area contributed by atoms with E-state index in [0.717, 1.165) is 5.69 Å². The number of hydrogen-bond donors (Lipinski definition) is 1. The molecule has 0 fully saturated rings. The number of nitrogens with one attached hydrogen (secondary N) is 1. The van der Waals surface area contributed by atoms with Crippen LogP contribution in [0.5, 0.6) is 0 Å². The van der Waals surface area contributed by atoms with Crippen LogP contribution >= 0.6 is 11.3 Å². The Morgan fingerprint density at radius 3 is 2.85 bits per heavy atom. The van der Waals surface area contributed by atoms with Crippen LogP contribution in [0.2, 0.25) is 0 Å². The van der Waals surface area contributed by atoms with Gasteiger partial charge in [0.15, 0.2) is 5.03 Å². The Balaban J connectivity index is 2.30. The van der Waals surface area contributed by atoms with Crippen LogP contribution in [0.15, 0.2) is 34.2 Å². The summed E-state index contributed by atoms with van der Waals surface area (Å²) in [6, 6.07) is 3.41. The van der Waals surface area contributed by atoms with Crippen molar-refractivity contribution >= 4 is 27.0 Å². The van der Waals surface area contributed by atoms with Gasteiger partial charge in [0, 0.05) is 25.2 Å². The molecule has 0 bridgehead atoms. The minimum Gasteiger partial charge on any atom is -0.383 e. The summed E-state index contributed by atoms with van der Waals surface area (Å²) < 4.78 is 26.4. The van der Waals surface area contributed by atoms with Gasteiger partial charge in [0.2, 0.25) is 0 Å². The van der Waals surface area contributed by atoms with Crippen molar-refractivity contribution in [2.45, 2.75) is 18.5 Å². The molecule has 0 unspecified atom stereocenters. The molecular weight excluding hydrogens is 296 g/mol. The van der Waals surface area contributed by atoms with Crippen molar-refractivity contribution in [2.24, 2.45) is 0 Å². The Morgan fingerprint density at radius 1 is 1.40 bits per heavy atom. The van der Waals surface area contributed by atoms with E-state index in [1.54, 1.807) is 17.6 Å². The molecule has 1 N–H and O–H groups in total. The monoisotopic (exact) mass is 312 g/mol. The Hall–Kier alpha value is -1.51. The fourth-order valence-electron chi connectivity index (χ4n) is 1.70. The first-order chi connectivity index (χ1) is 9.55. The van der Waals surface area contributed by atoms with Gasteiger partial charge in [-0.05, 0) is 19.1 Å². The van der Waals surface area contributed by atoms with Crippen LogP contribution in [-0.4, -0.2) is 36.3 Å². The van der Waals surface area contributed by atoms with Crippen LogP contribution in [0.4, 0.5) is 5.69 Å². The van der Waals surface area contributed by atoms with Gasteiger partial charge in [0.1, 0.15) is 0 Å². The fraction of sp³-hybridized carbons (Fsp3) is 0.333. The SMILES string of the molecule is CCNc1cccnc1S(=O)(=O)N(C)Cc1cscn1. The van der Waals surface area contributed by atoms with Gasteiger partial charge >= 0.3 is 0 Å². The van der Waals surface area contributed by atoms with E-state index in [2.05, 4.69) is 15.3 Å². The fourth-order valence-corrected chi connectivity index (χ4v) is 3.46. The van der Waals surface area contributed by atoms with E-state index in [1.165, 1.54) is 28.9 Å². The summed E-state index contributed by atoms with van der Waals surface area (Å²) in [7, 11) is -2.12. The minimum atomic E-state index is -3.64. The number of aromatic nitrogens is 2. The van der Waals surface area contributed by atoms with Crippen LogP contribution in [0, 0.1) is 0 Å². The average molecular weight is 312 g/mol. The highest BCUT2D eigenvalue weighted by Gasteiger charge is 2.25. The van der Waals surface area contributed by atoms with Gasteiger partial charge in [-0.2, -0.15) is 4.31 Å². The molecule has 0 atom stereocenters. The molecule has 108 valence electrons. The van der Waals surface area contributed by atoms with Crippen molar-refractivity contribution in [3.63, 3.8) is 0 Å². The molecule has 0 aliphatic rings. The van der Waals surface area contributed by atoms with E-state index < -0.39 is 10.0 Å². The summed E-state index contributed by atoms with van der Waals surface area (Å²) in [5.41, 5.74) is 2.92. The smallest absolute Gasteiger partial charge is 0.262 e. The Labute approximate surface area is 122 Å². The lowest BCUT2D eigenvalue weighted by Crippen LogP contribution is -2.28. The van der Waals surface area contributed by atoms with Crippen LogP contribution < -0.4 is 5.32 Å². The normalized spacial score (nSPS) is 11.8. The molecule has 0 spiro atoms. The van der Waals surface area contributed by atoms with E-state index in [4.69, 9.17) is 0 Å². The molecule has 0 saturated heterocycles.